The normalized spacial score (nSPS) is 14.1. The summed E-state index contributed by atoms with van der Waals surface area (Å²) in [6.07, 6.45) is 1.65. The van der Waals surface area contributed by atoms with E-state index < -0.39 is 5.97 Å². The highest BCUT2D eigenvalue weighted by molar-refractivity contribution is 5.94. The number of piperidine rings is 1. The van der Waals surface area contributed by atoms with Gasteiger partial charge in [-0.25, -0.2) is 0 Å². The number of para-hydroxylation sites is 1. The molecular weight excluding hydrogens is 384 g/mol. The Labute approximate surface area is 176 Å². The van der Waals surface area contributed by atoms with Gasteiger partial charge in [-0.15, -0.1) is 0 Å². The Balaban J connectivity index is 1.40. The third-order valence-electron chi connectivity index (χ3n) is 4.98. The molecule has 1 aliphatic heterocycles. The monoisotopic (exact) mass is 410 g/mol. The van der Waals surface area contributed by atoms with Crippen molar-refractivity contribution < 1.29 is 23.9 Å². The predicted octanol–water partition coefficient (Wildman–Crippen LogP) is 2.66. The minimum absolute atomic E-state index is 0.0244. The molecule has 7 heteroatoms. The number of carbonyl (C=O) groups is 3. The number of ether oxygens (including phenoxy) is 2. The second-order valence-corrected chi connectivity index (χ2v) is 7.26. The number of nitrogens with one attached hydrogen (secondary N) is 1. The molecule has 0 aliphatic carbocycles. The molecule has 0 aromatic heterocycles. The van der Waals surface area contributed by atoms with Crippen LogP contribution in [0.2, 0.25) is 0 Å². The van der Waals surface area contributed by atoms with Crippen molar-refractivity contribution in [2.24, 2.45) is 5.92 Å². The van der Waals surface area contributed by atoms with Crippen molar-refractivity contribution in [2.75, 3.05) is 26.2 Å². The summed E-state index contributed by atoms with van der Waals surface area (Å²) in [5.41, 5.74) is 0.444. The van der Waals surface area contributed by atoms with E-state index in [-0.39, 0.29) is 18.4 Å². The molecular formula is C23H26N2O5. The van der Waals surface area contributed by atoms with Crippen molar-refractivity contribution in [3.8, 4) is 11.5 Å². The number of hydrogen-bond donors (Lipinski definition) is 1. The van der Waals surface area contributed by atoms with Crippen LogP contribution in [-0.4, -0.2) is 48.9 Å². The first kappa shape index (κ1) is 21.4. The predicted molar refractivity (Wildman–Crippen MR) is 111 cm³/mol. The zero-order chi connectivity index (χ0) is 21.3. The first-order valence-electron chi connectivity index (χ1n) is 10.0. The van der Waals surface area contributed by atoms with Crippen LogP contribution in [0.25, 0.3) is 0 Å². The van der Waals surface area contributed by atoms with Gasteiger partial charge in [0, 0.05) is 32.1 Å². The number of amides is 2. The Bertz CT molecular complexity index is 876. The van der Waals surface area contributed by atoms with Crippen LogP contribution in [0.1, 0.15) is 30.1 Å². The molecule has 1 N–H and O–H groups in total. The molecule has 158 valence electrons. The van der Waals surface area contributed by atoms with Crippen LogP contribution in [-0.2, 0) is 9.59 Å². The minimum Gasteiger partial charge on any atom is -0.484 e. The average Bonchev–Trinajstić information content (AvgIpc) is 2.76. The van der Waals surface area contributed by atoms with Crippen molar-refractivity contribution in [1.29, 1.82) is 0 Å². The second kappa shape index (κ2) is 10.4. The molecule has 2 aromatic rings. The lowest BCUT2D eigenvalue weighted by molar-refractivity contribution is -0.135. The quantitative estimate of drug-likeness (QED) is 0.560. The summed E-state index contributed by atoms with van der Waals surface area (Å²) in [6, 6.07) is 15.8. The van der Waals surface area contributed by atoms with Gasteiger partial charge in [-0.2, -0.15) is 0 Å². The molecule has 1 heterocycles. The molecule has 1 saturated heterocycles. The highest BCUT2D eigenvalue weighted by Gasteiger charge is 2.23. The zero-order valence-electron chi connectivity index (χ0n) is 17.0. The Morgan fingerprint density at radius 1 is 1.00 bits per heavy atom. The Kier molecular flexibility index (Phi) is 7.43. The lowest BCUT2D eigenvalue weighted by Crippen LogP contribution is -2.43. The van der Waals surface area contributed by atoms with E-state index in [0.717, 1.165) is 12.8 Å². The van der Waals surface area contributed by atoms with Crippen LogP contribution >= 0.6 is 0 Å². The molecule has 3 rings (SSSR count). The van der Waals surface area contributed by atoms with Crippen LogP contribution in [0, 0.1) is 5.92 Å². The van der Waals surface area contributed by atoms with Gasteiger partial charge in [-0.1, -0.05) is 24.3 Å². The standard InChI is InChI=1S/C23H26N2O5/c1-17(26)30-21-9-5-6-19(14-21)23(28)24-15-18-10-12-25(13-11-18)22(27)16-29-20-7-3-2-4-8-20/h2-9,14,18H,10-13,15-16H2,1H3,(H,24,28). The summed E-state index contributed by atoms with van der Waals surface area (Å²) in [4.78, 5) is 37.6. The fourth-order valence-electron chi connectivity index (χ4n) is 3.35. The van der Waals surface area contributed by atoms with E-state index in [2.05, 4.69) is 5.32 Å². The summed E-state index contributed by atoms with van der Waals surface area (Å²) in [5.74, 6) is 0.677. The number of hydrogen-bond acceptors (Lipinski definition) is 5. The van der Waals surface area contributed by atoms with E-state index >= 15 is 0 Å². The Morgan fingerprint density at radius 2 is 1.70 bits per heavy atom. The van der Waals surface area contributed by atoms with Crippen molar-refractivity contribution in [1.82, 2.24) is 10.2 Å². The molecule has 7 nitrogen and oxygen atoms in total. The number of likely N-dealkylation sites (tertiary alicyclic amines) is 1. The van der Waals surface area contributed by atoms with Crippen molar-refractivity contribution in [2.45, 2.75) is 19.8 Å². The van der Waals surface area contributed by atoms with Crippen LogP contribution in [0.3, 0.4) is 0 Å². The molecule has 0 bridgehead atoms. The van der Waals surface area contributed by atoms with Gasteiger partial charge in [-0.3, -0.25) is 14.4 Å². The van der Waals surface area contributed by atoms with Crippen molar-refractivity contribution in [3.63, 3.8) is 0 Å². The van der Waals surface area contributed by atoms with Gasteiger partial charge in [0.05, 0.1) is 0 Å². The number of esters is 1. The molecule has 1 aliphatic rings. The molecule has 2 aromatic carbocycles. The molecule has 0 radical (unpaired) electrons. The lowest BCUT2D eigenvalue weighted by atomic mass is 9.96. The largest absolute Gasteiger partial charge is 0.484 e. The molecule has 0 spiro atoms. The van der Waals surface area contributed by atoms with Crippen LogP contribution in [0.4, 0.5) is 0 Å². The highest BCUT2D eigenvalue weighted by atomic mass is 16.5. The topological polar surface area (TPSA) is 84.9 Å². The fraction of sp³-hybridized carbons (Fsp3) is 0.348. The van der Waals surface area contributed by atoms with Gasteiger partial charge in [0.15, 0.2) is 6.61 Å². The van der Waals surface area contributed by atoms with Gasteiger partial charge in [-0.05, 0) is 49.1 Å². The first-order valence-corrected chi connectivity index (χ1v) is 10.0. The zero-order valence-corrected chi connectivity index (χ0v) is 17.0. The van der Waals surface area contributed by atoms with Gasteiger partial charge in [0.2, 0.25) is 0 Å². The first-order chi connectivity index (χ1) is 14.5. The SMILES string of the molecule is CC(=O)Oc1cccc(C(=O)NCC2CCN(C(=O)COc3ccccc3)CC2)c1. The summed E-state index contributed by atoms with van der Waals surface area (Å²) in [7, 11) is 0. The summed E-state index contributed by atoms with van der Waals surface area (Å²) >= 11 is 0. The molecule has 0 atom stereocenters. The number of benzene rings is 2. The average molecular weight is 410 g/mol. The second-order valence-electron chi connectivity index (χ2n) is 7.26. The maximum Gasteiger partial charge on any atom is 0.308 e. The summed E-state index contributed by atoms with van der Waals surface area (Å²) < 4.78 is 10.5. The van der Waals surface area contributed by atoms with E-state index in [9.17, 15) is 14.4 Å². The van der Waals surface area contributed by atoms with E-state index in [1.807, 2.05) is 35.2 Å². The highest BCUT2D eigenvalue weighted by Crippen LogP contribution is 2.18. The summed E-state index contributed by atoms with van der Waals surface area (Å²) in [5, 5.41) is 2.93. The number of nitrogens with zero attached hydrogens (tertiary/aromatic N) is 1. The summed E-state index contributed by atoms with van der Waals surface area (Å²) in [6.45, 7) is 3.19. The Hall–Kier alpha value is -3.35. The smallest absolute Gasteiger partial charge is 0.308 e. The fourth-order valence-corrected chi connectivity index (χ4v) is 3.35. The maximum atomic E-state index is 12.4. The minimum atomic E-state index is -0.428. The molecule has 0 unspecified atom stereocenters. The van der Waals surface area contributed by atoms with Crippen LogP contribution < -0.4 is 14.8 Å². The Morgan fingerprint density at radius 3 is 2.40 bits per heavy atom. The van der Waals surface area contributed by atoms with Gasteiger partial charge in [0.1, 0.15) is 11.5 Å². The van der Waals surface area contributed by atoms with E-state index in [0.29, 0.717) is 42.6 Å². The van der Waals surface area contributed by atoms with Crippen LogP contribution in [0.15, 0.2) is 54.6 Å². The third kappa shape index (κ3) is 6.34. The van der Waals surface area contributed by atoms with E-state index in [1.165, 1.54) is 6.92 Å². The molecule has 0 saturated carbocycles. The van der Waals surface area contributed by atoms with Crippen molar-refractivity contribution >= 4 is 17.8 Å². The van der Waals surface area contributed by atoms with E-state index in [1.54, 1.807) is 24.3 Å². The van der Waals surface area contributed by atoms with Gasteiger partial charge < -0.3 is 19.7 Å². The van der Waals surface area contributed by atoms with Crippen molar-refractivity contribution in [3.05, 3.63) is 60.2 Å². The van der Waals surface area contributed by atoms with Gasteiger partial charge in [0.25, 0.3) is 11.8 Å². The maximum absolute atomic E-state index is 12.4. The third-order valence-corrected chi connectivity index (χ3v) is 4.98. The van der Waals surface area contributed by atoms with Gasteiger partial charge >= 0.3 is 5.97 Å². The van der Waals surface area contributed by atoms with E-state index in [4.69, 9.17) is 9.47 Å². The molecule has 30 heavy (non-hydrogen) atoms. The number of carbonyl (C=O) groups excluding carboxylic acids is 3. The lowest BCUT2D eigenvalue weighted by Gasteiger charge is -2.32. The van der Waals surface area contributed by atoms with Crippen LogP contribution in [0.5, 0.6) is 11.5 Å². The molecule has 2 amide bonds. The number of rotatable bonds is 7. The molecule has 1 fully saturated rings.